The Morgan fingerprint density at radius 3 is 2.54 bits per heavy atom. The second-order valence-electron chi connectivity index (χ2n) is 8.42. The Kier molecular flexibility index (Phi) is 12.2. The van der Waals surface area contributed by atoms with Crippen molar-refractivity contribution in [1.82, 2.24) is 10.3 Å². The monoisotopic (exact) mass is 499 g/mol. The van der Waals surface area contributed by atoms with Gasteiger partial charge in [-0.25, -0.2) is 9.22 Å². The average Bonchev–Trinajstić information content (AvgIpc) is 2.87. The molecule has 0 aliphatic rings. The third kappa shape index (κ3) is 10.4. The molecule has 0 bridgehead atoms. The van der Waals surface area contributed by atoms with E-state index in [2.05, 4.69) is 23.5 Å². The Morgan fingerprint density at radius 2 is 1.74 bits per heavy atom. The summed E-state index contributed by atoms with van der Waals surface area (Å²) in [6, 6.07) is 24.4. The van der Waals surface area contributed by atoms with Crippen LogP contribution in [0.4, 0.5) is 0 Å². The summed E-state index contributed by atoms with van der Waals surface area (Å²) in [5, 5.41) is 7.38. The largest absolute Gasteiger partial charge is 0.493 e. The first kappa shape index (κ1) is 27.3. The zero-order valence-electron chi connectivity index (χ0n) is 20.4. The van der Waals surface area contributed by atoms with Gasteiger partial charge < -0.3 is 14.8 Å². The Labute approximate surface area is 211 Å². The molecule has 2 atom stereocenters. The van der Waals surface area contributed by atoms with Gasteiger partial charge in [0.2, 0.25) is 0 Å². The van der Waals surface area contributed by atoms with Crippen molar-refractivity contribution in [3.63, 3.8) is 0 Å². The van der Waals surface area contributed by atoms with Crippen LogP contribution in [0.15, 0.2) is 72.8 Å². The quantitative estimate of drug-likeness (QED) is 0.167. The summed E-state index contributed by atoms with van der Waals surface area (Å²) < 4.78 is 29.1. The molecule has 3 N–H and O–H groups in total. The van der Waals surface area contributed by atoms with Crippen LogP contribution in [0.3, 0.4) is 0 Å². The molecule has 2 unspecified atom stereocenters. The molecule has 0 aliphatic heterocycles. The van der Waals surface area contributed by atoms with Crippen LogP contribution in [0.25, 0.3) is 10.8 Å². The summed E-state index contributed by atoms with van der Waals surface area (Å²) in [6.45, 7) is 3.47. The van der Waals surface area contributed by atoms with Crippen molar-refractivity contribution in [2.45, 2.75) is 25.5 Å². The van der Waals surface area contributed by atoms with Gasteiger partial charge in [-0.2, -0.15) is 0 Å². The fourth-order valence-corrected chi connectivity index (χ4v) is 4.31. The molecule has 0 radical (unpaired) electrons. The normalized spacial score (nSPS) is 13.2. The minimum atomic E-state index is -1.29. The summed E-state index contributed by atoms with van der Waals surface area (Å²) in [7, 11) is 1.84. The second-order valence-corrected chi connectivity index (χ2v) is 9.67. The van der Waals surface area contributed by atoms with Crippen molar-refractivity contribution in [3.8, 4) is 5.75 Å². The van der Waals surface area contributed by atoms with E-state index < -0.39 is 11.1 Å². The number of hydrazine groups is 1. The van der Waals surface area contributed by atoms with Gasteiger partial charge in [0.25, 0.3) is 0 Å². The standard InChI is InChI=1S/C27H37N3O4S/c1-30(28)26(22-32-21-23-9-3-2-4-10-23)20-29-15-7-18-35(31)34-17-8-16-33-27-14-13-24-11-5-6-12-25(24)19-27/h2-6,9-14,19,26,29H,7-8,15-18,20-22,28H2,1H3. The van der Waals surface area contributed by atoms with E-state index in [9.17, 15) is 4.21 Å². The van der Waals surface area contributed by atoms with Crippen LogP contribution in [0.5, 0.6) is 5.75 Å². The number of nitrogens with one attached hydrogen (secondary N) is 1. The molecule has 0 saturated carbocycles. The lowest BCUT2D eigenvalue weighted by Crippen LogP contribution is -2.47. The summed E-state index contributed by atoms with van der Waals surface area (Å²) in [6.07, 6.45) is 1.44. The molecule has 0 amide bonds. The number of nitrogens with zero attached hydrogens (tertiary/aromatic N) is 1. The van der Waals surface area contributed by atoms with Crippen LogP contribution >= 0.6 is 0 Å². The van der Waals surface area contributed by atoms with E-state index in [4.69, 9.17) is 19.5 Å². The SMILES string of the molecule is CN(N)C(CNCCCS(=O)OCCCOc1ccc2ccccc2c1)COCc1ccccc1. The lowest BCUT2D eigenvalue weighted by Gasteiger charge is -2.24. The topological polar surface area (TPSA) is 86.1 Å². The number of benzene rings is 3. The van der Waals surface area contributed by atoms with Crippen molar-refractivity contribution in [3.05, 3.63) is 78.4 Å². The van der Waals surface area contributed by atoms with Crippen molar-refractivity contribution < 1.29 is 17.9 Å². The van der Waals surface area contributed by atoms with Crippen molar-refractivity contribution in [2.24, 2.45) is 5.84 Å². The minimum absolute atomic E-state index is 0.0584. The summed E-state index contributed by atoms with van der Waals surface area (Å²) in [5.74, 6) is 7.28. The first-order valence-corrected chi connectivity index (χ1v) is 13.3. The molecule has 3 rings (SSSR count). The van der Waals surface area contributed by atoms with E-state index in [1.807, 2.05) is 61.6 Å². The van der Waals surface area contributed by atoms with Gasteiger partial charge in [-0.05, 0) is 41.4 Å². The highest BCUT2D eigenvalue weighted by atomic mass is 32.2. The Hall–Kier alpha value is -2.33. The smallest absolute Gasteiger partial charge is 0.155 e. The molecule has 0 saturated heterocycles. The molecule has 35 heavy (non-hydrogen) atoms. The van der Waals surface area contributed by atoms with Crippen LogP contribution in [0.2, 0.25) is 0 Å². The molecular formula is C27H37N3O4S. The summed E-state index contributed by atoms with van der Waals surface area (Å²) in [5.41, 5.74) is 1.14. The highest BCUT2D eigenvalue weighted by Gasteiger charge is 2.12. The number of rotatable bonds is 17. The summed E-state index contributed by atoms with van der Waals surface area (Å²) in [4.78, 5) is 0. The van der Waals surface area contributed by atoms with Gasteiger partial charge in [0.15, 0.2) is 11.1 Å². The van der Waals surface area contributed by atoms with Crippen molar-refractivity contribution in [1.29, 1.82) is 0 Å². The Balaban J connectivity index is 1.20. The molecule has 3 aromatic rings. The highest BCUT2D eigenvalue weighted by molar-refractivity contribution is 7.80. The lowest BCUT2D eigenvalue weighted by atomic mass is 10.1. The van der Waals surface area contributed by atoms with E-state index >= 15 is 0 Å². The molecule has 0 fully saturated rings. The first-order valence-electron chi connectivity index (χ1n) is 12.0. The Bertz CT molecular complexity index is 1020. The van der Waals surface area contributed by atoms with Crippen LogP contribution in [0, 0.1) is 0 Å². The molecule has 3 aromatic carbocycles. The lowest BCUT2D eigenvalue weighted by molar-refractivity contribution is 0.0600. The molecule has 190 valence electrons. The van der Waals surface area contributed by atoms with Crippen molar-refractivity contribution >= 4 is 21.9 Å². The van der Waals surface area contributed by atoms with E-state index in [1.54, 1.807) is 5.01 Å². The first-order chi connectivity index (χ1) is 17.1. The van der Waals surface area contributed by atoms with Gasteiger partial charge in [-0.1, -0.05) is 60.7 Å². The van der Waals surface area contributed by atoms with Gasteiger partial charge in [-0.15, -0.1) is 0 Å². The molecule has 0 spiro atoms. The number of nitrogens with two attached hydrogens (primary N) is 1. The number of hydrogen-bond acceptors (Lipinski definition) is 7. The maximum Gasteiger partial charge on any atom is 0.155 e. The highest BCUT2D eigenvalue weighted by Crippen LogP contribution is 2.20. The van der Waals surface area contributed by atoms with E-state index in [0.717, 1.165) is 29.7 Å². The van der Waals surface area contributed by atoms with Crippen LogP contribution in [-0.4, -0.2) is 61.0 Å². The van der Waals surface area contributed by atoms with Crippen LogP contribution < -0.4 is 15.9 Å². The summed E-state index contributed by atoms with van der Waals surface area (Å²) >= 11 is -1.29. The predicted molar refractivity (Wildman–Crippen MR) is 142 cm³/mol. The molecule has 8 heteroatoms. The second kappa shape index (κ2) is 15.6. The van der Waals surface area contributed by atoms with Crippen molar-refractivity contribution in [2.75, 3.05) is 45.7 Å². The van der Waals surface area contributed by atoms with E-state index in [0.29, 0.717) is 45.1 Å². The van der Waals surface area contributed by atoms with Gasteiger partial charge in [0, 0.05) is 20.0 Å². The molecule has 0 aromatic heterocycles. The molecule has 0 aliphatic carbocycles. The fraction of sp³-hybridized carbons (Fsp3) is 0.407. The minimum Gasteiger partial charge on any atom is -0.493 e. The number of likely N-dealkylation sites (N-methyl/N-ethyl adjacent to an activating group) is 1. The van der Waals surface area contributed by atoms with Gasteiger partial charge >= 0.3 is 0 Å². The van der Waals surface area contributed by atoms with Gasteiger partial charge in [0.05, 0.1) is 38.2 Å². The zero-order chi connectivity index (χ0) is 24.7. The molecule has 0 heterocycles. The van der Waals surface area contributed by atoms with Gasteiger partial charge in [0.1, 0.15) is 5.75 Å². The Morgan fingerprint density at radius 1 is 0.971 bits per heavy atom. The number of ether oxygens (including phenoxy) is 2. The third-order valence-corrected chi connectivity index (χ3v) is 6.59. The van der Waals surface area contributed by atoms with E-state index in [-0.39, 0.29) is 6.04 Å². The maximum atomic E-state index is 12.1. The fourth-order valence-electron chi connectivity index (χ4n) is 3.51. The number of fused-ring (bicyclic) bond motifs is 1. The maximum absolute atomic E-state index is 12.1. The number of hydrogen-bond donors (Lipinski definition) is 2. The molecule has 7 nitrogen and oxygen atoms in total. The van der Waals surface area contributed by atoms with Crippen LogP contribution in [-0.2, 0) is 26.6 Å². The van der Waals surface area contributed by atoms with E-state index in [1.165, 1.54) is 5.39 Å². The zero-order valence-corrected chi connectivity index (χ0v) is 21.3. The van der Waals surface area contributed by atoms with Gasteiger partial charge in [-0.3, -0.25) is 10.0 Å². The van der Waals surface area contributed by atoms with Crippen LogP contribution in [0.1, 0.15) is 18.4 Å². The average molecular weight is 500 g/mol. The third-order valence-electron chi connectivity index (χ3n) is 5.54. The predicted octanol–water partition coefficient (Wildman–Crippen LogP) is 3.66. The molecular weight excluding hydrogens is 462 g/mol.